The molecule has 0 saturated heterocycles. The average Bonchev–Trinajstić information content (AvgIpc) is 2.39. The minimum Gasteiger partial charge on any atom is -0.496 e. The third-order valence-corrected chi connectivity index (χ3v) is 3.45. The summed E-state index contributed by atoms with van der Waals surface area (Å²) in [6.45, 7) is 0. The van der Waals surface area contributed by atoms with E-state index in [0.29, 0.717) is 17.7 Å². The quantitative estimate of drug-likeness (QED) is 0.770. The summed E-state index contributed by atoms with van der Waals surface area (Å²) >= 11 is 8.99. The van der Waals surface area contributed by atoms with E-state index in [0.717, 1.165) is 15.6 Å². The van der Waals surface area contributed by atoms with Gasteiger partial charge >= 0.3 is 0 Å². The number of methoxy groups -OCH3 is 1. The van der Waals surface area contributed by atoms with Gasteiger partial charge in [-0.3, -0.25) is 4.79 Å². The molecule has 0 radical (unpaired) electrons. The number of rotatable bonds is 4. The van der Waals surface area contributed by atoms with Crippen molar-refractivity contribution in [3.8, 4) is 5.75 Å². The highest BCUT2D eigenvalue weighted by Crippen LogP contribution is 2.31. The summed E-state index contributed by atoms with van der Waals surface area (Å²) in [5.41, 5.74) is 2.45. The highest BCUT2D eigenvalue weighted by Gasteiger charge is 2.16. The fourth-order valence-corrected chi connectivity index (χ4v) is 2.63. The van der Waals surface area contributed by atoms with Crippen LogP contribution in [-0.2, 0) is 6.42 Å². The summed E-state index contributed by atoms with van der Waals surface area (Å²) in [5, 5.41) is -0.521. The van der Waals surface area contributed by atoms with Crippen molar-refractivity contribution < 1.29 is 9.53 Å². The first kappa shape index (κ1) is 14.1. The lowest BCUT2D eigenvalue weighted by Gasteiger charge is -2.12. The smallest absolute Gasteiger partial charge is 0.256 e. The maximum absolute atomic E-state index is 11.4. The van der Waals surface area contributed by atoms with E-state index in [4.69, 9.17) is 16.3 Å². The molecular weight excluding hydrogens is 328 g/mol. The second-order valence-corrected chi connectivity index (χ2v) is 5.34. The molecule has 0 saturated carbocycles. The van der Waals surface area contributed by atoms with Gasteiger partial charge in [-0.2, -0.15) is 0 Å². The van der Waals surface area contributed by atoms with Gasteiger partial charge in [-0.05, 0) is 29.3 Å². The van der Waals surface area contributed by atoms with E-state index in [2.05, 4.69) is 15.9 Å². The van der Waals surface area contributed by atoms with Crippen molar-refractivity contribution in [3.63, 3.8) is 0 Å². The molecule has 0 spiro atoms. The third-order valence-electron chi connectivity index (χ3n) is 2.78. The van der Waals surface area contributed by atoms with Crippen molar-refractivity contribution in [2.75, 3.05) is 7.11 Å². The van der Waals surface area contributed by atoms with Crippen molar-refractivity contribution in [2.24, 2.45) is 0 Å². The van der Waals surface area contributed by atoms with Crippen LogP contribution in [0.5, 0.6) is 5.75 Å². The molecule has 0 N–H and O–H groups in total. The molecule has 0 heterocycles. The molecule has 0 atom stereocenters. The number of carbonyl (C=O) groups is 1. The molecule has 0 aromatic heterocycles. The molecule has 0 aliphatic heterocycles. The van der Waals surface area contributed by atoms with Gasteiger partial charge in [0, 0.05) is 16.5 Å². The molecule has 0 aliphatic rings. The van der Waals surface area contributed by atoms with E-state index in [1.807, 2.05) is 36.4 Å². The Balaban J connectivity index is 2.47. The highest BCUT2D eigenvalue weighted by atomic mass is 79.9. The van der Waals surface area contributed by atoms with E-state index in [-0.39, 0.29) is 0 Å². The second kappa shape index (κ2) is 6.22. The lowest BCUT2D eigenvalue weighted by atomic mass is 10.0. The zero-order valence-electron chi connectivity index (χ0n) is 10.3. The number of carbonyl (C=O) groups excluding carboxylic acids is 1. The topological polar surface area (TPSA) is 26.3 Å². The van der Waals surface area contributed by atoms with E-state index in [1.54, 1.807) is 13.2 Å². The first-order valence-electron chi connectivity index (χ1n) is 5.72. The van der Waals surface area contributed by atoms with Gasteiger partial charge in [0.05, 0.1) is 12.7 Å². The van der Waals surface area contributed by atoms with Gasteiger partial charge in [0.25, 0.3) is 5.24 Å². The first-order valence-corrected chi connectivity index (χ1v) is 6.89. The molecule has 19 heavy (non-hydrogen) atoms. The first-order chi connectivity index (χ1) is 9.11. The van der Waals surface area contributed by atoms with Gasteiger partial charge in [-0.1, -0.05) is 46.3 Å². The van der Waals surface area contributed by atoms with Crippen LogP contribution in [0.25, 0.3) is 0 Å². The zero-order chi connectivity index (χ0) is 13.8. The molecule has 0 aliphatic carbocycles. The van der Waals surface area contributed by atoms with Crippen LogP contribution in [0.2, 0.25) is 0 Å². The zero-order valence-corrected chi connectivity index (χ0v) is 12.7. The molecule has 2 nitrogen and oxygen atoms in total. The minimum atomic E-state index is -0.521. The summed E-state index contributed by atoms with van der Waals surface area (Å²) in [7, 11) is 1.54. The van der Waals surface area contributed by atoms with E-state index < -0.39 is 5.24 Å². The molecule has 0 unspecified atom stereocenters. The van der Waals surface area contributed by atoms with Crippen LogP contribution in [0.3, 0.4) is 0 Å². The van der Waals surface area contributed by atoms with Crippen molar-refractivity contribution in [1.29, 1.82) is 0 Å². The third kappa shape index (κ3) is 3.37. The molecule has 2 aromatic carbocycles. The second-order valence-electron chi connectivity index (χ2n) is 4.08. The lowest BCUT2D eigenvalue weighted by molar-refractivity contribution is 0.107. The van der Waals surface area contributed by atoms with Crippen LogP contribution < -0.4 is 4.74 Å². The number of ether oxygens (including phenoxy) is 1. The normalized spacial score (nSPS) is 10.3. The Kier molecular flexibility index (Phi) is 4.61. The van der Waals surface area contributed by atoms with Crippen molar-refractivity contribution in [2.45, 2.75) is 6.42 Å². The number of benzene rings is 2. The highest BCUT2D eigenvalue weighted by molar-refractivity contribution is 9.10. The van der Waals surface area contributed by atoms with Gasteiger partial charge < -0.3 is 4.74 Å². The van der Waals surface area contributed by atoms with Crippen LogP contribution in [0.1, 0.15) is 21.5 Å². The maximum atomic E-state index is 11.4. The molecule has 2 aromatic rings. The van der Waals surface area contributed by atoms with E-state index in [1.165, 1.54) is 0 Å². The molecular formula is C15H12BrClO2. The Morgan fingerprint density at radius 3 is 2.53 bits per heavy atom. The SMILES string of the molecule is COc1c(Cc2ccccc2)cc(Br)cc1C(=O)Cl. The Morgan fingerprint density at radius 1 is 1.26 bits per heavy atom. The number of hydrogen-bond donors (Lipinski definition) is 0. The standard InChI is InChI=1S/C15H12BrClO2/c1-19-14-11(7-10-5-3-2-4-6-10)8-12(16)9-13(14)15(17)18/h2-6,8-9H,7H2,1H3. The van der Waals surface area contributed by atoms with Gasteiger partial charge in [0.1, 0.15) is 5.75 Å². The van der Waals surface area contributed by atoms with Crippen LogP contribution in [0.4, 0.5) is 0 Å². The summed E-state index contributed by atoms with van der Waals surface area (Å²) < 4.78 is 6.15. The Labute approximate surface area is 125 Å². The molecule has 0 bridgehead atoms. The minimum absolute atomic E-state index is 0.379. The van der Waals surface area contributed by atoms with Gasteiger partial charge in [-0.25, -0.2) is 0 Å². The van der Waals surface area contributed by atoms with Crippen LogP contribution in [0.15, 0.2) is 46.9 Å². The fraction of sp³-hybridized carbons (Fsp3) is 0.133. The number of hydrogen-bond acceptors (Lipinski definition) is 2. The maximum Gasteiger partial charge on any atom is 0.256 e. The van der Waals surface area contributed by atoms with Crippen LogP contribution in [0, 0.1) is 0 Å². The molecule has 0 fully saturated rings. The van der Waals surface area contributed by atoms with Gasteiger partial charge in [0.15, 0.2) is 0 Å². The number of halogens is 2. The molecule has 98 valence electrons. The van der Waals surface area contributed by atoms with Crippen molar-refractivity contribution in [3.05, 3.63) is 63.6 Å². The molecule has 2 rings (SSSR count). The monoisotopic (exact) mass is 338 g/mol. The summed E-state index contributed by atoms with van der Waals surface area (Å²) in [5.74, 6) is 0.534. The average molecular weight is 340 g/mol. The molecule has 0 amide bonds. The van der Waals surface area contributed by atoms with Crippen LogP contribution in [-0.4, -0.2) is 12.4 Å². The van der Waals surface area contributed by atoms with Gasteiger partial charge in [-0.15, -0.1) is 0 Å². The van der Waals surface area contributed by atoms with E-state index in [9.17, 15) is 4.79 Å². The van der Waals surface area contributed by atoms with Gasteiger partial charge in [0.2, 0.25) is 0 Å². The van der Waals surface area contributed by atoms with Crippen molar-refractivity contribution >= 4 is 32.8 Å². The Morgan fingerprint density at radius 2 is 1.95 bits per heavy atom. The lowest BCUT2D eigenvalue weighted by Crippen LogP contribution is -2.01. The van der Waals surface area contributed by atoms with Crippen LogP contribution >= 0.6 is 27.5 Å². The summed E-state index contributed by atoms with van der Waals surface area (Å²) in [6.07, 6.45) is 0.681. The largest absolute Gasteiger partial charge is 0.496 e. The van der Waals surface area contributed by atoms with Crippen molar-refractivity contribution in [1.82, 2.24) is 0 Å². The molecule has 4 heteroatoms. The predicted octanol–water partition coefficient (Wildman–Crippen LogP) is 4.43. The fourth-order valence-electron chi connectivity index (χ4n) is 1.98. The Bertz CT molecular complexity index is 597. The Hall–Kier alpha value is -1.32. The summed E-state index contributed by atoms with van der Waals surface area (Å²) in [6, 6.07) is 13.6. The predicted molar refractivity (Wildman–Crippen MR) is 80.1 cm³/mol. The van der Waals surface area contributed by atoms with E-state index >= 15 is 0 Å². The summed E-state index contributed by atoms with van der Waals surface area (Å²) in [4.78, 5) is 11.4.